The summed E-state index contributed by atoms with van der Waals surface area (Å²) in [5, 5.41) is 0.946. The van der Waals surface area contributed by atoms with Crippen molar-refractivity contribution in [3.05, 3.63) is 114 Å². The smallest absolute Gasteiger partial charge is 0.231 e. The molecule has 2 aromatic heterocycles. The summed E-state index contributed by atoms with van der Waals surface area (Å²) in [6.07, 6.45) is 3.82. The van der Waals surface area contributed by atoms with Gasteiger partial charge in [0, 0.05) is 22.2 Å². The molecule has 3 aromatic carbocycles. The van der Waals surface area contributed by atoms with Crippen molar-refractivity contribution in [2.75, 3.05) is 6.26 Å². The van der Waals surface area contributed by atoms with Crippen LogP contribution in [0.4, 0.5) is 0 Å². The van der Waals surface area contributed by atoms with Crippen molar-refractivity contribution < 1.29 is 4.79 Å². The van der Waals surface area contributed by atoms with Crippen molar-refractivity contribution in [3.63, 3.8) is 0 Å². The van der Waals surface area contributed by atoms with Crippen LogP contribution < -0.4 is 5.73 Å². The van der Waals surface area contributed by atoms with Crippen LogP contribution in [0.5, 0.6) is 0 Å². The van der Waals surface area contributed by atoms with Crippen LogP contribution in [0.25, 0.3) is 32.3 Å². The van der Waals surface area contributed by atoms with E-state index in [0.717, 1.165) is 37.8 Å². The van der Waals surface area contributed by atoms with Gasteiger partial charge in [-0.3, -0.25) is 9.78 Å². The third kappa shape index (κ3) is 4.96. The number of thioether (sulfide) groups is 1. The number of carbonyl (C=O) groups is 1. The van der Waals surface area contributed by atoms with E-state index in [1.54, 1.807) is 29.3 Å². The van der Waals surface area contributed by atoms with E-state index in [1.165, 1.54) is 10.5 Å². The van der Waals surface area contributed by atoms with Crippen LogP contribution in [-0.2, 0) is 4.79 Å². The summed E-state index contributed by atoms with van der Waals surface area (Å²) in [6.45, 7) is 2.08. The van der Waals surface area contributed by atoms with Gasteiger partial charge in [-0.05, 0) is 54.6 Å². The zero-order valence-corrected chi connectivity index (χ0v) is 21.6. The van der Waals surface area contributed by atoms with Gasteiger partial charge in [-0.15, -0.1) is 23.1 Å². The Labute approximate surface area is 219 Å². The molecule has 0 saturated carbocycles. The maximum atomic E-state index is 12.5. The highest BCUT2D eigenvalue weighted by molar-refractivity contribution is 7.98. The van der Waals surface area contributed by atoms with Gasteiger partial charge in [0.2, 0.25) is 5.91 Å². The number of pyridine rings is 1. The Kier molecular flexibility index (Phi) is 6.98. The molecule has 2 N–H and O–H groups in total. The quantitative estimate of drug-likeness (QED) is 0.237. The van der Waals surface area contributed by atoms with Gasteiger partial charge >= 0.3 is 0 Å². The van der Waals surface area contributed by atoms with E-state index in [1.807, 2.05) is 42.5 Å². The Morgan fingerprint density at radius 2 is 1.67 bits per heavy atom. The maximum Gasteiger partial charge on any atom is 0.231 e. The van der Waals surface area contributed by atoms with Crippen molar-refractivity contribution in [2.24, 2.45) is 5.73 Å². The number of nitrogens with zero attached hydrogens (tertiary/aromatic N) is 2. The lowest BCUT2D eigenvalue weighted by atomic mass is 9.93. The standard InChI is InChI=1S/C30H25N3OS2/c1-19-7-6-10-22(17-19)27-28(36-30(33-27)21-11-13-24(35-2)14-12-21)23-15-16-32-25(18-23)26(29(31)34)20-8-4-3-5-9-20/h3-18,26H,1-2H3,(H2,31,34). The minimum Gasteiger partial charge on any atom is -0.369 e. The van der Waals surface area contributed by atoms with Crippen LogP contribution in [0.3, 0.4) is 0 Å². The molecule has 6 heteroatoms. The van der Waals surface area contributed by atoms with Crippen molar-refractivity contribution in [1.29, 1.82) is 0 Å². The molecule has 0 spiro atoms. The molecule has 4 nitrogen and oxygen atoms in total. The lowest BCUT2D eigenvalue weighted by molar-refractivity contribution is -0.118. The highest BCUT2D eigenvalue weighted by atomic mass is 32.2. The SMILES string of the molecule is CSc1ccc(-c2nc(-c3cccc(C)c3)c(-c3ccnc(C(C(N)=O)c4ccccc4)c3)s2)cc1. The van der Waals surface area contributed by atoms with Crippen molar-refractivity contribution in [2.45, 2.75) is 17.7 Å². The summed E-state index contributed by atoms with van der Waals surface area (Å²) in [4.78, 5) is 24.4. The van der Waals surface area contributed by atoms with Crippen LogP contribution in [0, 0.1) is 6.92 Å². The molecule has 0 aliphatic carbocycles. The molecule has 1 atom stereocenters. The van der Waals surface area contributed by atoms with Gasteiger partial charge in [-0.1, -0.05) is 66.2 Å². The highest BCUT2D eigenvalue weighted by Crippen LogP contribution is 2.41. The molecular weight excluding hydrogens is 482 g/mol. The van der Waals surface area contributed by atoms with Gasteiger partial charge in [0.15, 0.2) is 0 Å². The number of hydrogen-bond donors (Lipinski definition) is 1. The van der Waals surface area contributed by atoms with Crippen molar-refractivity contribution >= 4 is 29.0 Å². The molecule has 0 radical (unpaired) electrons. The molecule has 0 fully saturated rings. The monoisotopic (exact) mass is 507 g/mol. The van der Waals surface area contributed by atoms with E-state index in [2.05, 4.69) is 66.7 Å². The number of thiazole rings is 1. The van der Waals surface area contributed by atoms with Gasteiger partial charge in [0.05, 0.1) is 16.3 Å². The summed E-state index contributed by atoms with van der Waals surface area (Å²) >= 11 is 3.36. The lowest BCUT2D eigenvalue weighted by Gasteiger charge is -2.14. The van der Waals surface area contributed by atoms with Crippen LogP contribution in [0.1, 0.15) is 22.7 Å². The predicted molar refractivity (Wildman–Crippen MR) is 150 cm³/mol. The normalized spacial score (nSPS) is 11.8. The van der Waals surface area contributed by atoms with E-state index in [4.69, 9.17) is 10.7 Å². The largest absolute Gasteiger partial charge is 0.369 e. The second kappa shape index (κ2) is 10.5. The second-order valence-electron chi connectivity index (χ2n) is 8.51. The number of aromatic nitrogens is 2. The molecular formula is C30H25N3OS2. The van der Waals surface area contributed by atoms with Crippen molar-refractivity contribution in [1.82, 2.24) is 9.97 Å². The zero-order chi connectivity index (χ0) is 25.1. The topological polar surface area (TPSA) is 68.9 Å². The summed E-state index contributed by atoms with van der Waals surface area (Å²) in [5.41, 5.74) is 12.5. The molecule has 0 aliphatic rings. The van der Waals surface area contributed by atoms with Crippen LogP contribution in [0.15, 0.2) is 102 Å². The fourth-order valence-electron chi connectivity index (χ4n) is 4.23. The molecule has 0 saturated heterocycles. The first-order chi connectivity index (χ1) is 17.5. The van der Waals surface area contributed by atoms with Gasteiger partial charge < -0.3 is 5.73 Å². The van der Waals surface area contributed by atoms with E-state index in [-0.39, 0.29) is 0 Å². The number of benzene rings is 3. The molecule has 2 heterocycles. The Morgan fingerprint density at radius 3 is 2.36 bits per heavy atom. The number of carbonyl (C=O) groups excluding carboxylic acids is 1. The van der Waals surface area contributed by atoms with E-state index >= 15 is 0 Å². The van der Waals surface area contributed by atoms with Crippen LogP contribution in [-0.4, -0.2) is 22.1 Å². The average Bonchev–Trinajstić information content (AvgIpc) is 3.35. The fraction of sp³-hybridized carbons (Fsp3) is 0.100. The van der Waals surface area contributed by atoms with E-state index in [0.29, 0.717) is 5.69 Å². The van der Waals surface area contributed by atoms with Crippen LogP contribution in [0.2, 0.25) is 0 Å². The van der Waals surface area contributed by atoms with Gasteiger partial charge in [-0.25, -0.2) is 4.98 Å². The minimum atomic E-state index is -0.625. The third-order valence-electron chi connectivity index (χ3n) is 6.01. The molecule has 1 amide bonds. The third-order valence-corrected chi connectivity index (χ3v) is 7.91. The molecule has 5 rings (SSSR count). The first-order valence-electron chi connectivity index (χ1n) is 11.6. The Hall–Kier alpha value is -3.74. The van der Waals surface area contributed by atoms with Crippen molar-refractivity contribution in [3.8, 4) is 32.3 Å². The molecule has 0 bridgehead atoms. The summed E-state index contributed by atoms with van der Waals surface area (Å²) in [7, 11) is 0. The number of amides is 1. The van der Waals surface area contributed by atoms with Crippen LogP contribution >= 0.6 is 23.1 Å². The van der Waals surface area contributed by atoms with E-state index in [9.17, 15) is 4.79 Å². The average molecular weight is 508 g/mol. The Morgan fingerprint density at radius 1 is 0.889 bits per heavy atom. The number of hydrogen-bond acceptors (Lipinski definition) is 5. The molecule has 5 aromatic rings. The summed E-state index contributed by atoms with van der Waals surface area (Å²) in [5.74, 6) is -1.05. The first kappa shape index (κ1) is 24.0. The number of primary amides is 1. The number of rotatable bonds is 7. The maximum absolute atomic E-state index is 12.5. The fourth-order valence-corrected chi connectivity index (χ4v) is 5.73. The predicted octanol–water partition coefficient (Wildman–Crippen LogP) is 7.19. The van der Waals surface area contributed by atoms with Gasteiger partial charge in [0.25, 0.3) is 0 Å². The number of nitrogens with two attached hydrogens (primary N) is 1. The highest BCUT2D eigenvalue weighted by Gasteiger charge is 2.23. The Balaban J connectivity index is 1.65. The summed E-state index contributed by atoms with van der Waals surface area (Å²) in [6, 6.07) is 30.3. The first-order valence-corrected chi connectivity index (χ1v) is 13.6. The minimum absolute atomic E-state index is 0.427. The van der Waals surface area contributed by atoms with Gasteiger partial charge in [-0.2, -0.15) is 0 Å². The summed E-state index contributed by atoms with van der Waals surface area (Å²) < 4.78 is 0. The molecule has 1 unspecified atom stereocenters. The Bertz CT molecular complexity index is 1510. The second-order valence-corrected chi connectivity index (χ2v) is 10.4. The molecule has 0 aliphatic heterocycles. The lowest BCUT2D eigenvalue weighted by Crippen LogP contribution is -2.23. The van der Waals surface area contributed by atoms with E-state index < -0.39 is 11.8 Å². The molecule has 178 valence electrons. The number of aryl methyl sites for hydroxylation is 1. The van der Waals surface area contributed by atoms with Gasteiger partial charge in [0.1, 0.15) is 10.9 Å². The molecule has 36 heavy (non-hydrogen) atoms. The zero-order valence-electron chi connectivity index (χ0n) is 20.0.